The van der Waals surface area contributed by atoms with Crippen LogP contribution in [0.15, 0.2) is 51.9 Å². The van der Waals surface area contributed by atoms with Gasteiger partial charge in [0.15, 0.2) is 5.82 Å². The second-order valence-electron chi connectivity index (χ2n) is 10.5. The summed E-state index contributed by atoms with van der Waals surface area (Å²) in [5.41, 5.74) is 1.62. The van der Waals surface area contributed by atoms with Crippen molar-refractivity contribution >= 4 is 39.4 Å². The smallest absolute Gasteiger partial charge is 0.259 e. The number of hydrogen-bond acceptors (Lipinski definition) is 8. The van der Waals surface area contributed by atoms with Crippen molar-refractivity contribution in [2.45, 2.75) is 38.6 Å². The van der Waals surface area contributed by atoms with Gasteiger partial charge < -0.3 is 15.1 Å². The summed E-state index contributed by atoms with van der Waals surface area (Å²) >= 11 is 0. The van der Waals surface area contributed by atoms with Gasteiger partial charge >= 0.3 is 0 Å². The molecular weight excluding hydrogens is 564 g/mol. The number of primary sulfonamides is 1. The maximum atomic E-state index is 16.6. The Labute approximate surface area is 243 Å². The van der Waals surface area contributed by atoms with E-state index in [9.17, 15) is 17.6 Å². The van der Waals surface area contributed by atoms with Crippen LogP contribution in [0, 0.1) is 18.6 Å². The Bertz CT molecular complexity index is 1810. The topological polar surface area (TPSA) is 126 Å². The molecule has 224 valence electrons. The van der Waals surface area contributed by atoms with Crippen LogP contribution in [-0.4, -0.2) is 55.2 Å². The lowest BCUT2D eigenvalue weighted by molar-refractivity contribution is 0.559. The molecule has 2 aromatic heterocycles. The van der Waals surface area contributed by atoms with Gasteiger partial charge in [0.05, 0.1) is 23.8 Å². The molecule has 42 heavy (non-hydrogen) atoms. The van der Waals surface area contributed by atoms with Crippen LogP contribution in [0.4, 0.5) is 26.0 Å². The summed E-state index contributed by atoms with van der Waals surface area (Å²) in [6.45, 7) is 13.0. The van der Waals surface area contributed by atoms with E-state index in [0.717, 1.165) is 23.4 Å². The minimum Gasteiger partial charge on any atom is -0.377 e. The van der Waals surface area contributed by atoms with Gasteiger partial charge in [0.1, 0.15) is 22.4 Å². The van der Waals surface area contributed by atoms with Crippen LogP contribution in [0.1, 0.15) is 26.6 Å². The van der Waals surface area contributed by atoms with Crippen LogP contribution in [0.2, 0.25) is 0 Å². The SMILES string of the molecule is C=c1c(=O)n(C)c(N2CCN(c3cnc(C)nc3)CC2)c(F)/c1=C(/C=C(C)C)[C@@H](C)Nc1ccc(F)cc1S(N)(=O)=O. The molecule has 13 heteroatoms. The predicted molar refractivity (Wildman–Crippen MR) is 161 cm³/mol. The summed E-state index contributed by atoms with van der Waals surface area (Å²) < 4.78 is 56.1. The largest absolute Gasteiger partial charge is 0.377 e. The fourth-order valence-electron chi connectivity index (χ4n) is 5.06. The van der Waals surface area contributed by atoms with E-state index in [4.69, 9.17) is 5.14 Å². The first kappa shape index (κ1) is 30.8. The summed E-state index contributed by atoms with van der Waals surface area (Å²) in [6, 6.07) is 2.42. The third-order valence-corrected chi connectivity index (χ3v) is 8.08. The molecule has 3 aromatic rings. The van der Waals surface area contributed by atoms with E-state index in [2.05, 4.69) is 26.8 Å². The third-order valence-electron chi connectivity index (χ3n) is 7.13. The summed E-state index contributed by atoms with van der Waals surface area (Å²) in [6.07, 6.45) is 5.21. The standard InChI is InChI=1S/C29H35F2N7O3S/c1-17(2)13-23(19(4)35-24-8-7-21(30)14-25(24)42(32,40)41)26-18(3)29(39)36(6)28(27(26)31)38-11-9-37(10-12-38)22-15-33-20(5)34-16-22/h7-8,13-16,19,35H,3,9-12H2,1-2,4-6H3,(H2,32,40,41)/b26-23-/t19-/m1/s1. The second-order valence-corrected chi connectivity index (χ2v) is 12.1. The number of hydrogen-bond donors (Lipinski definition) is 2. The van der Waals surface area contributed by atoms with Gasteiger partial charge in [-0.15, -0.1) is 0 Å². The first-order valence-corrected chi connectivity index (χ1v) is 14.9. The van der Waals surface area contributed by atoms with Crippen molar-refractivity contribution in [3.63, 3.8) is 0 Å². The molecule has 10 nitrogen and oxygen atoms in total. The number of pyridine rings is 1. The number of halogens is 2. The molecule has 0 radical (unpaired) electrons. The lowest BCUT2D eigenvalue weighted by Crippen LogP contribution is -2.53. The molecule has 1 fully saturated rings. The van der Waals surface area contributed by atoms with Gasteiger partial charge in [-0.05, 0) is 51.5 Å². The van der Waals surface area contributed by atoms with Crippen molar-refractivity contribution in [1.29, 1.82) is 0 Å². The number of rotatable bonds is 7. The Morgan fingerprint density at radius 2 is 1.71 bits per heavy atom. The Morgan fingerprint density at radius 1 is 1.12 bits per heavy atom. The quantitative estimate of drug-likeness (QED) is 0.421. The number of sulfonamides is 1. The summed E-state index contributed by atoms with van der Waals surface area (Å²) in [5.74, 6) is -0.604. The van der Waals surface area contributed by atoms with Crippen molar-refractivity contribution in [2.24, 2.45) is 12.2 Å². The van der Waals surface area contributed by atoms with Crippen LogP contribution < -0.4 is 36.3 Å². The first-order valence-electron chi connectivity index (χ1n) is 13.3. The van der Waals surface area contributed by atoms with Gasteiger partial charge in [0.25, 0.3) is 5.56 Å². The number of aryl methyl sites for hydroxylation is 1. The first-order chi connectivity index (χ1) is 19.7. The highest BCUT2D eigenvalue weighted by atomic mass is 32.2. The van der Waals surface area contributed by atoms with Gasteiger partial charge in [-0.3, -0.25) is 9.36 Å². The highest BCUT2D eigenvalue weighted by molar-refractivity contribution is 7.89. The molecule has 3 heterocycles. The minimum absolute atomic E-state index is 0.0166. The zero-order chi connectivity index (χ0) is 30.9. The Kier molecular flexibility index (Phi) is 8.83. The van der Waals surface area contributed by atoms with Crippen molar-refractivity contribution in [3.05, 3.63) is 80.5 Å². The fraction of sp³-hybridized carbons (Fsp3) is 0.345. The average molecular weight is 600 g/mol. The number of nitrogens with zero attached hydrogens (tertiary/aromatic N) is 5. The zero-order valence-corrected chi connectivity index (χ0v) is 25.1. The molecule has 0 aliphatic carbocycles. The average Bonchev–Trinajstić information content (AvgIpc) is 2.92. The lowest BCUT2D eigenvalue weighted by atomic mass is 10.0. The van der Waals surface area contributed by atoms with Crippen LogP contribution in [0.3, 0.4) is 0 Å². The summed E-state index contributed by atoms with van der Waals surface area (Å²) in [4.78, 5) is 25.4. The van der Waals surface area contributed by atoms with E-state index in [1.54, 1.807) is 25.4 Å². The normalized spacial score (nSPS) is 15.3. The van der Waals surface area contributed by atoms with Crippen LogP contribution in [0.25, 0.3) is 12.2 Å². The van der Waals surface area contributed by atoms with Gasteiger partial charge in [0.2, 0.25) is 10.0 Å². The molecule has 0 unspecified atom stereocenters. The van der Waals surface area contributed by atoms with Gasteiger partial charge in [-0.1, -0.05) is 18.2 Å². The van der Waals surface area contributed by atoms with E-state index in [1.165, 1.54) is 17.7 Å². The van der Waals surface area contributed by atoms with E-state index in [-0.39, 0.29) is 21.9 Å². The molecule has 1 atom stereocenters. The molecule has 0 spiro atoms. The minimum atomic E-state index is -4.28. The van der Waals surface area contributed by atoms with E-state index >= 15 is 4.39 Å². The van der Waals surface area contributed by atoms with Gasteiger partial charge in [0, 0.05) is 49.7 Å². The van der Waals surface area contributed by atoms with Gasteiger partial charge in [-0.25, -0.2) is 32.3 Å². The Hall–Kier alpha value is -4.10. The molecule has 0 saturated carbocycles. The molecule has 0 amide bonds. The molecule has 1 aromatic carbocycles. The highest BCUT2D eigenvalue weighted by Gasteiger charge is 2.26. The monoisotopic (exact) mass is 599 g/mol. The van der Waals surface area contributed by atoms with Crippen molar-refractivity contribution < 1.29 is 17.2 Å². The maximum absolute atomic E-state index is 16.6. The Balaban J connectivity index is 1.81. The number of benzene rings is 1. The van der Waals surface area contributed by atoms with E-state index in [1.807, 2.05) is 25.7 Å². The molecule has 3 N–H and O–H groups in total. The molecule has 1 aliphatic rings. The van der Waals surface area contributed by atoms with Crippen molar-refractivity contribution in [1.82, 2.24) is 14.5 Å². The van der Waals surface area contributed by atoms with E-state index < -0.39 is 38.2 Å². The zero-order valence-electron chi connectivity index (χ0n) is 24.3. The molecule has 1 saturated heterocycles. The molecule has 4 rings (SSSR count). The van der Waals surface area contributed by atoms with Gasteiger partial charge in [-0.2, -0.15) is 0 Å². The third kappa shape index (κ3) is 6.36. The fourth-order valence-corrected chi connectivity index (χ4v) is 5.77. The summed E-state index contributed by atoms with van der Waals surface area (Å²) in [7, 11) is -2.76. The predicted octanol–water partition coefficient (Wildman–Crippen LogP) is 1.76. The lowest BCUT2D eigenvalue weighted by Gasteiger charge is -2.37. The summed E-state index contributed by atoms with van der Waals surface area (Å²) in [5, 5.41) is 8.32. The molecule has 1 aliphatic heterocycles. The number of piperazine rings is 1. The maximum Gasteiger partial charge on any atom is 0.259 e. The number of anilines is 3. The van der Waals surface area contributed by atoms with E-state index in [0.29, 0.717) is 37.6 Å². The second kappa shape index (κ2) is 12.0. The number of allylic oxidation sites excluding steroid dienone is 1. The number of nitrogens with one attached hydrogen (secondary N) is 1. The Morgan fingerprint density at radius 3 is 2.29 bits per heavy atom. The molecule has 0 bridgehead atoms. The number of aromatic nitrogens is 3. The highest BCUT2D eigenvalue weighted by Crippen LogP contribution is 2.25. The van der Waals surface area contributed by atoms with Crippen LogP contribution >= 0.6 is 0 Å². The molecular formula is C29H35F2N7O3S. The van der Waals surface area contributed by atoms with Crippen molar-refractivity contribution in [3.8, 4) is 0 Å². The number of nitrogens with two attached hydrogens (primary N) is 1. The van der Waals surface area contributed by atoms with Crippen LogP contribution in [-0.2, 0) is 17.1 Å². The van der Waals surface area contributed by atoms with Crippen LogP contribution in [0.5, 0.6) is 0 Å². The van der Waals surface area contributed by atoms with Crippen molar-refractivity contribution in [2.75, 3.05) is 41.3 Å².